The molecule has 2 aliphatic rings. The lowest BCUT2D eigenvalue weighted by atomic mass is 9.67. The van der Waals surface area contributed by atoms with Gasteiger partial charge in [-0.2, -0.15) is 0 Å². The summed E-state index contributed by atoms with van der Waals surface area (Å²) in [7, 11) is 0. The van der Waals surface area contributed by atoms with Gasteiger partial charge in [-0.1, -0.05) is 6.07 Å². The number of nitrogens with one attached hydrogen (secondary N) is 1. The fourth-order valence-electron chi connectivity index (χ4n) is 4.83. The Morgan fingerprint density at radius 2 is 1.90 bits per heavy atom. The highest BCUT2D eigenvalue weighted by atomic mass is 16.6. The number of carboxylic acids is 1. The minimum atomic E-state index is -1.31. The van der Waals surface area contributed by atoms with E-state index in [-0.39, 0.29) is 0 Å². The maximum atomic E-state index is 13.6. The normalized spacial score (nSPS) is 30.3. The number of aromatic nitrogens is 2. The van der Waals surface area contributed by atoms with Crippen LogP contribution in [-0.2, 0) is 15.1 Å². The van der Waals surface area contributed by atoms with E-state index in [2.05, 4.69) is 15.3 Å². The first-order chi connectivity index (χ1) is 14.1. The minimum Gasteiger partial charge on any atom is -0.481 e. The second kappa shape index (κ2) is 6.77. The van der Waals surface area contributed by atoms with E-state index in [4.69, 9.17) is 4.74 Å². The maximum Gasteiger partial charge on any atom is 0.411 e. The molecular formula is C22H26N4O4. The van der Waals surface area contributed by atoms with E-state index in [0.717, 1.165) is 0 Å². The minimum absolute atomic E-state index is 0.387. The first-order valence-corrected chi connectivity index (χ1v) is 9.93. The van der Waals surface area contributed by atoms with Crippen molar-refractivity contribution in [3.05, 3.63) is 60.2 Å². The highest BCUT2D eigenvalue weighted by Gasteiger charge is 2.75. The van der Waals surface area contributed by atoms with Crippen LogP contribution >= 0.6 is 0 Å². The molecular weight excluding hydrogens is 384 g/mol. The lowest BCUT2D eigenvalue weighted by Crippen LogP contribution is -2.72. The van der Waals surface area contributed by atoms with Crippen LogP contribution in [-0.4, -0.2) is 50.2 Å². The molecule has 0 bridgehead atoms. The molecule has 2 fully saturated rings. The average Bonchev–Trinajstić information content (AvgIpc) is 2.83. The monoisotopic (exact) mass is 410 g/mol. The summed E-state index contributed by atoms with van der Waals surface area (Å²) in [5.41, 5.74) is -1.66. The summed E-state index contributed by atoms with van der Waals surface area (Å²) in [4.78, 5) is 36.4. The lowest BCUT2D eigenvalue weighted by Gasteiger charge is -2.51. The van der Waals surface area contributed by atoms with Crippen molar-refractivity contribution in [2.75, 3.05) is 6.54 Å². The van der Waals surface area contributed by atoms with Gasteiger partial charge in [-0.15, -0.1) is 0 Å². The molecule has 0 aliphatic carbocycles. The Morgan fingerprint density at radius 3 is 2.40 bits per heavy atom. The molecule has 2 aliphatic heterocycles. The first kappa shape index (κ1) is 20.3. The zero-order valence-corrected chi connectivity index (χ0v) is 17.5. The van der Waals surface area contributed by atoms with E-state index in [1.54, 1.807) is 69.4 Å². The largest absolute Gasteiger partial charge is 0.481 e. The van der Waals surface area contributed by atoms with Gasteiger partial charge in [0.1, 0.15) is 16.6 Å². The summed E-state index contributed by atoms with van der Waals surface area (Å²) in [5, 5.41) is 13.6. The van der Waals surface area contributed by atoms with Crippen LogP contribution in [0, 0.1) is 5.41 Å². The molecule has 30 heavy (non-hydrogen) atoms. The number of aliphatic carboxylic acids is 1. The quantitative estimate of drug-likeness (QED) is 0.802. The number of carbonyl (C=O) groups is 2. The fourth-order valence-corrected chi connectivity index (χ4v) is 4.83. The van der Waals surface area contributed by atoms with Crippen LogP contribution in [0.25, 0.3) is 0 Å². The average molecular weight is 410 g/mol. The molecule has 4 atom stereocenters. The molecule has 0 saturated carbocycles. The van der Waals surface area contributed by atoms with Gasteiger partial charge in [0.2, 0.25) is 0 Å². The molecule has 2 N–H and O–H groups in total. The zero-order valence-electron chi connectivity index (χ0n) is 17.5. The molecule has 8 nitrogen and oxygen atoms in total. The SMILES string of the molecule is CC(C)(C)OC(=O)N1C(c2ccncc2)C(C)(C(=O)O)C2NCC21c1ccccn1. The zero-order chi connectivity index (χ0) is 21.7. The molecule has 4 rings (SSSR count). The fraction of sp³-hybridized carbons (Fsp3) is 0.455. The van der Waals surface area contributed by atoms with Gasteiger partial charge in [0.25, 0.3) is 0 Å². The maximum absolute atomic E-state index is 13.6. The van der Waals surface area contributed by atoms with Crippen molar-refractivity contribution in [1.29, 1.82) is 0 Å². The van der Waals surface area contributed by atoms with Crippen molar-refractivity contribution in [2.24, 2.45) is 5.41 Å². The second-order valence-electron chi connectivity index (χ2n) is 9.07. The molecule has 4 heterocycles. The second-order valence-corrected chi connectivity index (χ2v) is 9.07. The number of fused-ring (bicyclic) bond motifs is 1. The van der Waals surface area contributed by atoms with Crippen LogP contribution in [0.2, 0.25) is 0 Å². The number of hydrogen-bond donors (Lipinski definition) is 2. The standard InChI is InChI=1S/C22H26N4O4/c1-20(2,3)30-19(29)26-16(14-8-11-23-12-9-14)21(4,18(27)28)17-22(26,13-25-17)15-7-5-6-10-24-15/h5-12,16-17,25H,13H2,1-4H3,(H,27,28). The Hall–Kier alpha value is -3.00. The van der Waals surface area contributed by atoms with Crippen LogP contribution in [0.15, 0.2) is 48.9 Å². The van der Waals surface area contributed by atoms with Crippen molar-refractivity contribution in [3.8, 4) is 0 Å². The van der Waals surface area contributed by atoms with E-state index in [1.807, 2.05) is 12.1 Å². The molecule has 4 unspecified atom stereocenters. The van der Waals surface area contributed by atoms with E-state index in [1.165, 1.54) is 0 Å². The third-order valence-electron chi connectivity index (χ3n) is 6.09. The van der Waals surface area contributed by atoms with Gasteiger partial charge in [-0.05, 0) is 57.5 Å². The molecule has 0 spiro atoms. The summed E-state index contributed by atoms with van der Waals surface area (Å²) in [5.74, 6) is -0.993. The smallest absolute Gasteiger partial charge is 0.411 e. The summed E-state index contributed by atoms with van der Waals surface area (Å²) in [6, 6.07) is 7.67. The van der Waals surface area contributed by atoms with Crippen molar-refractivity contribution in [1.82, 2.24) is 20.2 Å². The van der Waals surface area contributed by atoms with Crippen molar-refractivity contribution in [3.63, 3.8) is 0 Å². The van der Waals surface area contributed by atoms with Gasteiger partial charge in [-0.3, -0.25) is 19.7 Å². The van der Waals surface area contributed by atoms with Crippen LogP contribution in [0.1, 0.15) is 45.0 Å². The predicted octanol–water partition coefficient (Wildman–Crippen LogP) is 2.73. The van der Waals surface area contributed by atoms with Crippen LogP contribution in [0.4, 0.5) is 4.79 Å². The Kier molecular flexibility index (Phi) is 4.58. The summed E-state index contributed by atoms with van der Waals surface area (Å²) >= 11 is 0. The number of ether oxygens (including phenoxy) is 1. The number of nitrogens with zero attached hydrogens (tertiary/aromatic N) is 3. The van der Waals surface area contributed by atoms with Crippen LogP contribution in [0.3, 0.4) is 0 Å². The van der Waals surface area contributed by atoms with E-state index < -0.39 is 40.7 Å². The Balaban J connectivity index is 1.96. The van der Waals surface area contributed by atoms with Gasteiger partial charge < -0.3 is 15.2 Å². The van der Waals surface area contributed by atoms with Crippen molar-refractivity contribution in [2.45, 2.75) is 50.9 Å². The summed E-state index contributed by atoms with van der Waals surface area (Å²) in [6.07, 6.45) is 4.30. The number of pyridine rings is 2. The highest BCUT2D eigenvalue weighted by molar-refractivity contribution is 5.82. The molecule has 0 radical (unpaired) electrons. The van der Waals surface area contributed by atoms with E-state index >= 15 is 0 Å². The molecule has 2 aromatic heterocycles. The van der Waals surface area contributed by atoms with Crippen molar-refractivity contribution < 1.29 is 19.4 Å². The van der Waals surface area contributed by atoms with Gasteiger partial charge in [0.15, 0.2) is 0 Å². The topological polar surface area (TPSA) is 105 Å². The molecule has 2 saturated heterocycles. The van der Waals surface area contributed by atoms with Crippen molar-refractivity contribution >= 4 is 12.1 Å². The third kappa shape index (κ3) is 2.78. The van der Waals surface area contributed by atoms with Crippen LogP contribution < -0.4 is 5.32 Å². The number of carboxylic acid groups (broad SMARTS) is 1. The Bertz CT molecular complexity index is 962. The number of likely N-dealkylation sites (tertiary alicyclic amines) is 1. The van der Waals surface area contributed by atoms with Gasteiger partial charge in [0.05, 0.1) is 17.8 Å². The van der Waals surface area contributed by atoms with Gasteiger partial charge in [0, 0.05) is 25.1 Å². The number of hydrogen-bond acceptors (Lipinski definition) is 6. The molecule has 0 aromatic carbocycles. The van der Waals surface area contributed by atoms with E-state index in [0.29, 0.717) is 17.8 Å². The van der Waals surface area contributed by atoms with E-state index in [9.17, 15) is 14.7 Å². The summed E-state index contributed by atoms with van der Waals surface area (Å²) in [6.45, 7) is 7.45. The van der Waals surface area contributed by atoms with Gasteiger partial charge in [-0.25, -0.2) is 4.79 Å². The van der Waals surface area contributed by atoms with Crippen LogP contribution in [0.5, 0.6) is 0 Å². The predicted molar refractivity (Wildman–Crippen MR) is 108 cm³/mol. The number of carbonyl (C=O) groups excluding carboxylic acids is 1. The molecule has 2 aromatic rings. The lowest BCUT2D eigenvalue weighted by molar-refractivity contribution is -0.151. The third-order valence-corrected chi connectivity index (χ3v) is 6.09. The summed E-state index contributed by atoms with van der Waals surface area (Å²) < 4.78 is 5.77. The molecule has 8 heteroatoms. The van der Waals surface area contributed by atoms with Gasteiger partial charge >= 0.3 is 12.1 Å². The molecule has 158 valence electrons. The molecule has 1 amide bonds. The highest BCUT2D eigenvalue weighted by Crippen LogP contribution is 2.61. The number of amides is 1. The Labute approximate surface area is 175 Å². The number of rotatable bonds is 3. The first-order valence-electron chi connectivity index (χ1n) is 9.93. The Morgan fingerprint density at radius 1 is 1.20 bits per heavy atom.